The van der Waals surface area contributed by atoms with Crippen LogP contribution in [0.2, 0.25) is 0 Å². The Balaban J connectivity index is 0.00000392. The molecule has 1 heterocycles. The van der Waals surface area contributed by atoms with E-state index in [2.05, 4.69) is 20.5 Å². The molecule has 1 fully saturated rings. The summed E-state index contributed by atoms with van der Waals surface area (Å²) in [6.45, 7) is 11.2. The summed E-state index contributed by atoms with van der Waals surface area (Å²) in [4.78, 5) is 7.04. The van der Waals surface area contributed by atoms with Gasteiger partial charge in [0.15, 0.2) is 5.96 Å². The highest BCUT2D eigenvalue weighted by Gasteiger charge is 2.09. The van der Waals surface area contributed by atoms with Gasteiger partial charge in [-0.15, -0.1) is 24.0 Å². The molecule has 0 spiro atoms. The Bertz CT molecular complexity index is 554. The van der Waals surface area contributed by atoms with Crippen LogP contribution in [0.15, 0.2) is 29.3 Å². The SMILES string of the molecule is CCNC(=NCC(C)Oc1ccc(F)cc1)NCCCCN1CCOCC1.I. The molecule has 1 saturated heterocycles. The molecule has 0 amide bonds. The molecule has 0 radical (unpaired) electrons. The Hall–Kier alpha value is -1.13. The van der Waals surface area contributed by atoms with Crippen molar-refractivity contribution in [2.45, 2.75) is 32.8 Å². The Kier molecular flexibility index (Phi) is 13.2. The Morgan fingerprint density at radius 1 is 1.21 bits per heavy atom. The molecule has 1 unspecified atom stereocenters. The largest absolute Gasteiger partial charge is 0.489 e. The molecule has 0 aliphatic carbocycles. The Morgan fingerprint density at radius 2 is 1.93 bits per heavy atom. The minimum atomic E-state index is -0.264. The lowest BCUT2D eigenvalue weighted by molar-refractivity contribution is 0.0372. The molecule has 2 N–H and O–H groups in total. The van der Waals surface area contributed by atoms with E-state index in [1.165, 1.54) is 12.1 Å². The lowest BCUT2D eigenvalue weighted by Gasteiger charge is -2.26. The van der Waals surface area contributed by atoms with Gasteiger partial charge >= 0.3 is 0 Å². The third-order valence-electron chi connectivity index (χ3n) is 4.30. The quantitative estimate of drug-likeness (QED) is 0.220. The maximum absolute atomic E-state index is 12.9. The van der Waals surface area contributed by atoms with E-state index >= 15 is 0 Å². The first-order chi connectivity index (χ1) is 13.2. The van der Waals surface area contributed by atoms with Crippen LogP contribution in [0, 0.1) is 5.82 Å². The van der Waals surface area contributed by atoms with Gasteiger partial charge in [0, 0.05) is 26.2 Å². The molecule has 1 aliphatic heterocycles. The second-order valence-corrected chi connectivity index (χ2v) is 6.69. The van der Waals surface area contributed by atoms with E-state index in [9.17, 15) is 4.39 Å². The van der Waals surface area contributed by atoms with Crippen LogP contribution >= 0.6 is 24.0 Å². The second kappa shape index (κ2) is 14.8. The van der Waals surface area contributed by atoms with Crippen LogP contribution in [0.4, 0.5) is 4.39 Å². The molecule has 1 aromatic carbocycles. The zero-order valence-corrected chi connectivity index (χ0v) is 19.3. The van der Waals surface area contributed by atoms with Crippen LogP contribution < -0.4 is 15.4 Å². The Morgan fingerprint density at radius 3 is 2.61 bits per heavy atom. The number of morpholine rings is 1. The molecule has 6 nitrogen and oxygen atoms in total. The highest BCUT2D eigenvalue weighted by atomic mass is 127. The summed E-state index contributed by atoms with van der Waals surface area (Å²) in [5.74, 6) is 1.19. The van der Waals surface area contributed by atoms with Crippen molar-refractivity contribution in [3.8, 4) is 5.75 Å². The molecule has 1 aromatic rings. The normalized spacial score (nSPS) is 16.2. The van der Waals surface area contributed by atoms with E-state index < -0.39 is 0 Å². The van der Waals surface area contributed by atoms with Gasteiger partial charge in [-0.05, 0) is 57.5 Å². The van der Waals surface area contributed by atoms with Crippen molar-refractivity contribution in [1.29, 1.82) is 0 Å². The number of ether oxygens (including phenoxy) is 2. The highest BCUT2D eigenvalue weighted by molar-refractivity contribution is 14.0. The maximum Gasteiger partial charge on any atom is 0.191 e. The molecule has 1 aliphatic rings. The van der Waals surface area contributed by atoms with Gasteiger partial charge in [-0.3, -0.25) is 4.90 Å². The summed E-state index contributed by atoms with van der Waals surface area (Å²) >= 11 is 0. The predicted octanol–water partition coefficient (Wildman–Crippen LogP) is 2.88. The summed E-state index contributed by atoms with van der Waals surface area (Å²) in [5, 5.41) is 6.63. The summed E-state index contributed by atoms with van der Waals surface area (Å²) in [7, 11) is 0. The van der Waals surface area contributed by atoms with Crippen molar-refractivity contribution in [2.24, 2.45) is 4.99 Å². The van der Waals surface area contributed by atoms with Crippen LogP contribution in [0.25, 0.3) is 0 Å². The molecule has 160 valence electrons. The number of halogens is 2. The third kappa shape index (κ3) is 10.4. The van der Waals surface area contributed by atoms with Gasteiger partial charge in [0.05, 0.1) is 19.8 Å². The third-order valence-corrected chi connectivity index (χ3v) is 4.30. The lowest BCUT2D eigenvalue weighted by atomic mass is 10.3. The van der Waals surface area contributed by atoms with Crippen LogP contribution in [0.5, 0.6) is 5.75 Å². The van der Waals surface area contributed by atoms with E-state index in [1.54, 1.807) is 12.1 Å². The van der Waals surface area contributed by atoms with Crippen LogP contribution in [-0.4, -0.2) is 69.4 Å². The lowest BCUT2D eigenvalue weighted by Crippen LogP contribution is -2.39. The fraction of sp³-hybridized carbons (Fsp3) is 0.650. The maximum atomic E-state index is 12.9. The monoisotopic (exact) mass is 508 g/mol. The number of rotatable bonds is 10. The van der Waals surface area contributed by atoms with Gasteiger partial charge < -0.3 is 20.1 Å². The molecule has 1 atom stereocenters. The van der Waals surface area contributed by atoms with Gasteiger partial charge in [-0.25, -0.2) is 9.38 Å². The number of hydrogen-bond acceptors (Lipinski definition) is 4. The summed E-state index contributed by atoms with van der Waals surface area (Å²) in [6.07, 6.45) is 2.17. The van der Waals surface area contributed by atoms with Gasteiger partial charge in [-0.2, -0.15) is 0 Å². The summed E-state index contributed by atoms with van der Waals surface area (Å²) < 4.78 is 24.1. The first-order valence-electron chi connectivity index (χ1n) is 9.92. The number of unbranched alkanes of at least 4 members (excludes halogenated alkanes) is 1. The minimum absolute atomic E-state index is 0. The molecule has 2 rings (SSSR count). The molecule has 0 bridgehead atoms. The molecular weight excluding hydrogens is 474 g/mol. The van der Waals surface area contributed by atoms with Crippen molar-refractivity contribution in [2.75, 3.05) is 52.5 Å². The number of nitrogens with one attached hydrogen (secondary N) is 2. The van der Waals surface area contributed by atoms with E-state index in [0.717, 1.165) is 64.7 Å². The number of aliphatic imine (C=N–C) groups is 1. The Labute approximate surface area is 185 Å². The van der Waals surface area contributed by atoms with Gasteiger partial charge in [-0.1, -0.05) is 0 Å². The van der Waals surface area contributed by atoms with Crippen LogP contribution in [0.1, 0.15) is 26.7 Å². The summed E-state index contributed by atoms with van der Waals surface area (Å²) in [6, 6.07) is 6.06. The average Bonchev–Trinajstić information content (AvgIpc) is 2.68. The topological polar surface area (TPSA) is 58.1 Å². The average molecular weight is 508 g/mol. The summed E-state index contributed by atoms with van der Waals surface area (Å²) in [5.41, 5.74) is 0. The first-order valence-corrected chi connectivity index (χ1v) is 9.92. The van der Waals surface area contributed by atoms with Crippen molar-refractivity contribution in [3.05, 3.63) is 30.1 Å². The van der Waals surface area contributed by atoms with E-state index in [1.807, 2.05) is 13.8 Å². The number of nitrogens with zero attached hydrogens (tertiary/aromatic N) is 2. The van der Waals surface area contributed by atoms with Crippen molar-refractivity contribution >= 4 is 29.9 Å². The fourth-order valence-electron chi connectivity index (χ4n) is 2.84. The van der Waals surface area contributed by atoms with Crippen LogP contribution in [0.3, 0.4) is 0 Å². The zero-order valence-electron chi connectivity index (χ0n) is 17.0. The minimum Gasteiger partial charge on any atom is -0.489 e. The van der Waals surface area contributed by atoms with E-state index in [4.69, 9.17) is 9.47 Å². The number of hydrogen-bond donors (Lipinski definition) is 2. The van der Waals surface area contributed by atoms with Crippen molar-refractivity contribution in [3.63, 3.8) is 0 Å². The standard InChI is InChI=1S/C20H33FN4O2.HI/c1-3-22-20(23-10-4-5-11-25-12-14-26-15-13-25)24-16-17(2)27-19-8-6-18(21)7-9-19;/h6-9,17H,3-5,10-16H2,1-2H3,(H2,22,23,24);1H. The van der Waals surface area contributed by atoms with Crippen LogP contribution in [-0.2, 0) is 4.74 Å². The zero-order chi connectivity index (χ0) is 19.3. The number of guanidine groups is 1. The fourth-order valence-corrected chi connectivity index (χ4v) is 2.84. The predicted molar refractivity (Wildman–Crippen MR) is 122 cm³/mol. The second-order valence-electron chi connectivity index (χ2n) is 6.69. The molecular formula is C20H34FIN4O2. The van der Waals surface area contributed by atoms with Gasteiger partial charge in [0.2, 0.25) is 0 Å². The molecule has 0 aromatic heterocycles. The highest BCUT2D eigenvalue weighted by Crippen LogP contribution is 2.13. The first kappa shape index (κ1) is 24.9. The van der Waals surface area contributed by atoms with Crippen molar-refractivity contribution in [1.82, 2.24) is 15.5 Å². The van der Waals surface area contributed by atoms with Gasteiger partial charge in [0.25, 0.3) is 0 Å². The van der Waals surface area contributed by atoms with Gasteiger partial charge in [0.1, 0.15) is 17.7 Å². The molecule has 8 heteroatoms. The number of benzene rings is 1. The van der Waals surface area contributed by atoms with E-state index in [0.29, 0.717) is 12.3 Å². The smallest absolute Gasteiger partial charge is 0.191 e. The molecule has 28 heavy (non-hydrogen) atoms. The molecule has 0 saturated carbocycles. The van der Waals surface area contributed by atoms with E-state index in [-0.39, 0.29) is 35.9 Å². The van der Waals surface area contributed by atoms with Crippen molar-refractivity contribution < 1.29 is 13.9 Å².